The molecule has 0 atom stereocenters. The summed E-state index contributed by atoms with van der Waals surface area (Å²) in [5, 5.41) is 0.492. The second-order valence-corrected chi connectivity index (χ2v) is 3.95. The maximum absolute atomic E-state index is 13.4. The Morgan fingerprint density at radius 3 is 3.00 bits per heavy atom. The van der Waals surface area contributed by atoms with Crippen LogP contribution in [0, 0.1) is 5.82 Å². The predicted octanol–water partition coefficient (Wildman–Crippen LogP) is 2.47. The van der Waals surface area contributed by atoms with Gasteiger partial charge in [-0.2, -0.15) is 0 Å². The molecule has 1 aliphatic heterocycles. The Morgan fingerprint density at radius 1 is 1.46 bits per heavy atom. The fourth-order valence-electron chi connectivity index (χ4n) is 1.75. The fraction of sp³-hybridized carbons (Fsp3) is 0.400. The monoisotopic (exact) mass is 199 g/mol. The van der Waals surface area contributed by atoms with Gasteiger partial charge in [0.2, 0.25) is 0 Å². The van der Waals surface area contributed by atoms with Gasteiger partial charge in [0.1, 0.15) is 5.82 Å². The van der Waals surface area contributed by atoms with E-state index in [4.69, 9.17) is 11.6 Å². The number of likely N-dealkylation sites (N-methyl/N-ethyl adjacent to an activating group) is 1. The largest absolute Gasteiger partial charge is 0.302 e. The van der Waals surface area contributed by atoms with Crippen molar-refractivity contribution >= 4 is 11.6 Å². The van der Waals surface area contributed by atoms with Crippen molar-refractivity contribution in [3.63, 3.8) is 0 Å². The van der Waals surface area contributed by atoms with Gasteiger partial charge in [-0.15, -0.1) is 0 Å². The van der Waals surface area contributed by atoms with Crippen LogP contribution in [0.5, 0.6) is 0 Å². The van der Waals surface area contributed by atoms with E-state index in [-0.39, 0.29) is 5.82 Å². The molecule has 3 heteroatoms. The van der Waals surface area contributed by atoms with Crippen LogP contribution in [-0.4, -0.2) is 18.5 Å². The average molecular weight is 200 g/mol. The Hall–Kier alpha value is -0.600. The Morgan fingerprint density at radius 2 is 2.23 bits per heavy atom. The molecule has 70 valence electrons. The minimum absolute atomic E-state index is 0.157. The van der Waals surface area contributed by atoms with Crippen molar-refractivity contribution < 1.29 is 4.39 Å². The number of hydrogen-bond acceptors (Lipinski definition) is 1. The third-order valence-corrected chi connectivity index (χ3v) is 2.65. The minimum atomic E-state index is -0.157. The van der Waals surface area contributed by atoms with E-state index >= 15 is 0 Å². The smallest absolute Gasteiger partial charge is 0.128 e. The molecule has 1 aliphatic rings. The molecule has 0 aromatic heterocycles. The molecule has 0 aliphatic carbocycles. The van der Waals surface area contributed by atoms with Crippen LogP contribution in [0.15, 0.2) is 12.1 Å². The first-order valence-corrected chi connectivity index (χ1v) is 4.70. The van der Waals surface area contributed by atoms with Crippen LogP contribution < -0.4 is 0 Å². The Balaban J connectivity index is 2.47. The molecule has 1 aromatic carbocycles. The molecule has 0 unspecified atom stereocenters. The predicted molar refractivity (Wildman–Crippen MR) is 51.4 cm³/mol. The maximum Gasteiger partial charge on any atom is 0.128 e. The summed E-state index contributed by atoms with van der Waals surface area (Å²) in [6, 6.07) is 3.25. The summed E-state index contributed by atoms with van der Waals surface area (Å²) in [4.78, 5) is 2.16. The summed E-state index contributed by atoms with van der Waals surface area (Å²) in [6.07, 6.45) is 0.787. The van der Waals surface area contributed by atoms with Crippen molar-refractivity contribution in [3.05, 3.63) is 34.1 Å². The normalized spacial score (nSPS) is 17.2. The van der Waals surface area contributed by atoms with Gasteiger partial charge in [0, 0.05) is 18.1 Å². The summed E-state index contributed by atoms with van der Waals surface area (Å²) in [5.41, 5.74) is 1.86. The number of fused-ring (bicyclic) bond motifs is 1. The van der Waals surface area contributed by atoms with Crippen LogP contribution in [0.1, 0.15) is 11.1 Å². The van der Waals surface area contributed by atoms with Crippen LogP contribution in [0.25, 0.3) is 0 Å². The molecule has 0 amide bonds. The lowest BCUT2D eigenvalue weighted by molar-refractivity contribution is 0.309. The SMILES string of the molecule is CN1CCc2c(F)cc(Cl)cc2C1. The molecule has 0 fully saturated rings. The van der Waals surface area contributed by atoms with E-state index in [0.717, 1.165) is 30.6 Å². The molecule has 0 N–H and O–H groups in total. The van der Waals surface area contributed by atoms with Crippen LogP contribution in [0.4, 0.5) is 4.39 Å². The van der Waals surface area contributed by atoms with Gasteiger partial charge in [-0.3, -0.25) is 0 Å². The molecule has 1 nitrogen and oxygen atoms in total. The van der Waals surface area contributed by atoms with E-state index in [1.807, 2.05) is 13.1 Å². The van der Waals surface area contributed by atoms with Crippen molar-refractivity contribution in [1.29, 1.82) is 0 Å². The van der Waals surface area contributed by atoms with E-state index in [2.05, 4.69) is 4.90 Å². The number of rotatable bonds is 0. The topological polar surface area (TPSA) is 3.24 Å². The quantitative estimate of drug-likeness (QED) is 0.621. The molecule has 0 saturated carbocycles. The molecular formula is C10H11ClFN. The number of nitrogens with zero attached hydrogens (tertiary/aromatic N) is 1. The van der Waals surface area contributed by atoms with Crippen LogP contribution in [0.2, 0.25) is 5.02 Å². The van der Waals surface area contributed by atoms with Crippen molar-refractivity contribution in [3.8, 4) is 0 Å². The van der Waals surface area contributed by atoms with Gasteiger partial charge in [0.25, 0.3) is 0 Å². The van der Waals surface area contributed by atoms with Crippen molar-refractivity contribution in [1.82, 2.24) is 4.90 Å². The molecule has 1 aromatic rings. The van der Waals surface area contributed by atoms with Crippen molar-refractivity contribution in [2.45, 2.75) is 13.0 Å². The number of hydrogen-bond donors (Lipinski definition) is 0. The summed E-state index contributed by atoms with van der Waals surface area (Å²) in [6.45, 7) is 1.72. The molecular weight excluding hydrogens is 189 g/mol. The Labute approximate surface area is 82.1 Å². The lowest BCUT2D eigenvalue weighted by Gasteiger charge is -2.25. The molecule has 0 spiro atoms. The zero-order valence-corrected chi connectivity index (χ0v) is 8.24. The van der Waals surface area contributed by atoms with E-state index < -0.39 is 0 Å². The second-order valence-electron chi connectivity index (χ2n) is 3.51. The zero-order chi connectivity index (χ0) is 9.42. The van der Waals surface area contributed by atoms with Gasteiger partial charge in [-0.1, -0.05) is 11.6 Å². The van der Waals surface area contributed by atoms with Gasteiger partial charge in [-0.05, 0) is 36.7 Å². The lowest BCUT2D eigenvalue weighted by atomic mass is 10.00. The van der Waals surface area contributed by atoms with Crippen LogP contribution >= 0.6 is 11.6 Å². The summed E-state index contributed by atoms with van der Waals surface area (Å²) >= 11 is 5.77. The van der Waals surface area contributed by atoms with Crippen LogP contribution in [-0.2, 0) is 13.0 Å². The summed E-state index contributed by atoms with van der Waals surface area (Å²) in [5.74, 6) is -0.157. The Bertz CT molecular complexity index is 338. The zero-order valence-electron chi connectivity index (χ0n) is 7.48. The first kappa shape index (κ1) is 8.97. The Kier molecular flexibility index (Phi) is 2.26. The van der Waals surface area contributed by atoms with E-state index in [1.54, 1.807) is 0 Å². The first-order chi connectivity index (χ1) is 6.16. The maximum atomic E-state index is 13.4. The van der Waals surface area contributed by atoms with Gasteiger partial charge in [0.05, 0.1) is 0 Å². The highest BCUT2D eigenvalue weighted by molar-refractivity contribution is 6.30. The van der Waals surface area contributed by atoms with Gasteiger partial charge in [-0.25, -0.2) is 4.39 Å². The number of halogens is 2. The second kappa shape index (κ2) is 3.28. The highest BCUT2D eigenvalue weighted by Crippen LogP contribution is 2.24. The van der Waals surface area contributed by atoms with Crippen molar-refractivity contribution in [2.75, 3.05) is 13.6 Å². The molecule has 13 heavy (non-hydrogen) atoms. The third-order valence-electron chi connectivity index (χ3n) is 2.44. The lowest BCUT2D eigenvalue weighted by Crippen LogP contribution is -2.27. The fourth-order valence-corrected chi connectivity index (χ4v) is 1.98. The molecule has 2 rings (SSSR count). The average Bonchev–Trinajstić information content (AvgIpc) is 2.02. The molecule has 1 heterocycles. The van der Waals surface area contributed by atoms with E-state index in [9.17, 15) is 4.39 Å². The molecule has 0 saturated heterocycles. The van der Waals surface area contributed by atoms with Gasteiger partial charge < -0.3 is 4.90 Å². The highest BCUT2D eigenvalue weighted by atomic mass is 35.5. The van der Waals surface area contributed by atoms with E-state index in [1.165, 1.54) is 6.07 Å². The summed E-state index contributed by atoms with van der Waals surface area (Å²) in [7, 11) is 2.03. The van der Waals surface area contributed by atoms with Gasteiger partial charge >= 0.3 is 0 Å². The highest BCUT2D eigenvalue weighted by Gasteiger charge is 2.17. The third kappa shape index (κ3) is 1.69. The minimum Gasteiger partial charge on any atom is -0.302 e. The number of benzene rings is 1. The molecule has 0 radical (unpaired) electrons. The van der Waals surface area contributed by atoms with Crippen molar-refractivity contribution in [2.24, 2.45) is 0 Å². The van der Waals surface area contributed by atoms with E-state index in [0.29, 0.717) is 5.02 Å². The standard InChI is InChI=1S/C10H11ClFN/c1-13-3-2-9-7(6-13)4-8(11)5-10(9)12/h4-5H,2-3,6H2,1H3. The first-order valence-electron chi connectivity index (χ1n) is 4.32. The summed E-state index contributed by atoms with van der Waals surface area (Å²) < 4.78 is 13.4. The van der Waals surface area contributed by atoms with Gasteiger partial charge in [0.15, 0.2) is 0 Å². The van der Waals surface area contributed by atoms with Crippen LogP contribution in [0.3, 0.4) is 0 Å². The molecule has 0 bridgehead atoms.